The van der Waals surface area contributed by atoms with Gasteiger partial charge in [0.1, 0.15) is 0 Å². The molecule has 1 aromatic heterocycles. The largest absolute Gasteiger partial charge is 0.348 e. The third-order valence-electron chi connectivity index (χ3n) is 6.10. The number of carbonyl (C=O) groups excluding carboxylic acids is 1. The second-order valence-electron chi connectivity index (χ2n) is 8.86. The summed E-state index contributed by atoms with van der Waals surface area (Å²) in [5.74, 6) is -0.0540. The number of aryl methyl sites for hydroxylation is 2. The van der Waals surface area contributed by atoms with Gasteiger partial charge >= 0.3 is 0 Å². The van der Waals surface area contributed by atoms with E-state index in [1.807, 2.05) is 42.8 Å². The zero-order chi connectivity index (χ0) is 22.5. The van der Waals surface area contributed by atoms with Crippen molar-refractivity contribution in [2.24, 2.45) is 0 Å². The Morgan fingerprint density at radius 3 is 2.31 bits per heavy atom. The molecule has 0 radical (unpaired) electrons. The van der Waals surface area contributed by atoms with Crippen molar-refractivity contribution in [2.45, 2.75) is 33.5 Å². The van der Waals surface area contributed by atoms with Crippen LogP contribution in [0.2, 0.25) is 0 Å². The molecule has 6 heteroatoms. The average molecular weight is 432 g/mol. The van der Waals surface area contributed by atoms with E-state index in [0.717, 1.165) is 55.2 Å². The van der Waals surface area contributed by atoms with Crippen molar-refractivity contribution in [3.63, 3.8) is 0 Å². The number of nitrogens with one attached hydrogen (secondary N) is 1. The summed E-state index contributed by atoms with van der Waals surface area (Å²) in [5.41, 5.74) is 6.30. The summed E-state index contributed by atoms with van der Waals surface area (Å²) >= 11 is 0. The van der Waals surface area contributed by atoms with Crippen LogP contribution in [0.3, 0.4) is 0 Å². The predicted molar refractivity (Wildman–Crippen MR) is 128 cm³/mol. The van der Waals surface area contributed by atoms with Gasteiger partial charge < -0.3 is 10.2 Å². The lowest BCUT2D eigenvalue weighted by molar-refractivity contribution is 0.0951. The highest BCUT2D eigenvalue weighted by Crippen LogP contribution is 2.12. The van der Waals surface area contributed by atoms with Crippen LogP contribution in [-0.2, 0) is 19.6 Å². The van der Waals surface area contributed by atoms with Crippen LogP contribution in [-0.4, -0.2) is 58.7 Å². The van der Waals surface area contributed by atoms with Crippen LogP contribution < -0.4 is 5.32 Å². The van der Waals surface area contributed by atoms with Gasteiger partial charge in [0.25, 0.3) is 5.91 Å². The minimum absolute atomic E-state index is 0.0540. The molecule has 0 spiro atoms. The number of likely N-dealkylation sites (N-methyl/N-ethyl adjacent to an activating group) is 1. The summed E-state index contributed by atoms with van der Waals surface area (Å²) < 4.78 is 1.97. The van der Waals surface area contributed by atoms with Crippen LogP contribution in [0.25, 0.3) is 0 Å². The molecule has 1 N–H and O–H groups in total. The lowest BCUT2D eigenvalue weighted by atomic mass is 10.1. The summed E-state index contributed by atoms with van der Waals surface area (Å²) in [5, 5.41) is 7.56. The maximum Gasteiger partial charge on any atom is 0.251 e. The zero-order valence-electron chi connectivity index (χ0n) is 19.3. The first kappa shape index (κ1) is 22.2. The Kier molecular flexibility index (Phi) is 7.02. The second kappa shape index (κ2) is 10.1. The van der Waals surface area contributed by atoms with Gasteiger partial charge in [0.15, 0.2) is 0 Å². The number of piperazine rings is 1. The molecule has 32 heavy (non-hydrogen) atoms. The first-order chi connectivity index (χ1) is 15.5. The predicted octanol–water partition coefficient (Wildman–Crippen LogP) is 3.23. The standard InChI is InChI=1S/C26H33N5O/c1-20-15-21(2)31(28-20)19-24-5-4-6-25(16-24)26(32)27-17-22-7-9-23(10-8-22)18-30-13-11-29(3)12-14-30/h4-10,15-16H,11-14,17-19H2,1-3H3,(H,27,32). The van der Waals surface area contributed by atoms with Crippen LogP contribution in [0.4, 0.5) is 0 Å². The van der Waals surface area contributed by atoms with Gasteiger partial charge in [-0.25, -0.2) is 0 Å². The average Bonchev–Trinajstić information content (AvgIpc) is 3.11. The van der Waals surface area contributed by atoms with Crippen molar-refractivity contribution in [1.29, 1.82) is 0 Å². The summed E-state index contributed by atoms with van der Waals surface area (Å²) in [4.78, 5) is 17.6. The molecule has 1 aliphatic heterocycles. The number of hydrogen-bond donors (Lipinski definition) is 1. The molecule has 2 heterocycles. The lowest BCUT2D eigenvalue weighted by Crippen LogP contribution is -2.43. The fourth-order valence-electron chi connectivity index (χ4n) is 4.13. The van der Waals surface area contributed by atoms with E-state index in [4.69, 9.17) is 0 Å². The third-order valence-corrected chi connectivity index (χ3v) is 6.10. The van der Waals surface area contributed by atoms with Crippen molar-refractivity contribution in [3.8, 4) is 0 Å². The summed E-state index contributed by atoms with van der Waals surface area (Å²) in [6.45, 7) is 10.7. The highest BCUT2D eigenvalue weighted by molar-refractivity contribution is 5.94. The maximum atomic E-state index is 12.7. The fourth-order valence-corrected chi connectivity index (χ4v) is 4.13. The third kappa shape index (κ3) is 5.84. The van der Waals surface area contributed by atoms with Crippen LogP contribution >= 0.6 is 0 Å². The maximum absolute atomic E-state index is 12.7. The van der Waals surface area contributed by atoms with E-state index in [2.05, 4.69) is 57.6 Å². The number of rotatable bonds is 7. The van der Waals surface area contributed by atoms with E-state index in [-0.39, 0.29) is 5.91 Å². The molecule has 1 aliphatic rings. The van der Waals surface area contributed by atoms with Gasteiger partial charge in [0, 0.05) is 50.5 Å². The van der Waals surface area contributed by atoms with E-state index < -0.39 is 0 Å². The zero-order valence-corrected chi connectivity index (χ0v) is 19.3. The van der Waals surface area contributed by atoms with Crippen molar-refractivity contribution in [1.82, 2.24) is 24.9 Å². The number of hydrogen-bond acceptors (Lipinski definition) is 4. The quantitative estimate of drug-likeness (QED) is 0.624. The molecule has 3 aromatic rings. The van der Waals surface area contributed by atoms with Gasteiger partial charge in [-0.1, -0.05) is 36.4 Å². The van der Waals surface area contributed by atoms with Crippen LogP contribution in [0.15, 0.2) is 54.6 Å². The van der Waals surface area contributed by atoms with Crippen molar-refractivity contribution in [3.05, 3.63) is 88.2 Å². The Morgan fingerprint density at radius 2 is 1.62 bits per heavy atom. The van der Waals surface area contributed by atoms with Gasteiger partial charge in [0.05, 0.1) is 12.2 Å². The molecule has 0 atom stereocenters. The summed E-state index contributed by atoms with van der Waals surface area (Å²) in [6.07, 6.45) is 0. The Balaban J connectivity index is 1.30. The van der Waals surface area contributed by atoms with E-state index in [9.17, 15) is 4.79 Å². The molecule has 4 rings (SSSR count). The van der Waals surface area contributed by atoms with Crippen LogP contribution in [0, 0.1) is 13.8 Å². The number of benzene rings is 2. The van der Waals surface area contributed by atoms with Gasteiger partial charge in [-0.2, -0.15) is 5.10 Å². The van der Waals surface area contributed by atoms with Crippen LogP contribution in [0.1, 0.15) is 38.4 Å². The molecular weight excluding hydrogens is 398 g/mol. The molecule has 6 nitrogen and oxygen atoms in total. The fraction of sp³-hybridized carbons (Fsp3) is 0.385. The number of aromatic nitrogens is 2. The van der Waals surface area contributed by atoms with E-state index in [1.54, 1.807) is 0 Å². The number of carbonyl (C=O) groups is 1. The van der Waals surface area contributed by atoms with Crippen molar-refractivity contribution >= 4 is 5.91 Å². The van der Waals surface area contributed by atoms with Crippen molar-refractivity contribution in [2.75, 3.05) is 33.2 Å². The molecule has 0 saturated carbocycles. The molecule has 1 fully saturated rings. The SMILES string of the molecule is Cc1cc(C)n(Cc2cccc(C(=O)NCc3ccc(CN4CCN(C)CC4)cc3)c2)n1. The van der Waals surface area contributed by atoms with Gasteiger partial charge in [-0.3, -0.25) is 14.4 Å². The number of amides is 1. The van der Waals surface area contributed by atoms with E-state index in [0.29, 0.717) is 18.7 Å². The van der Waals surface area contributed by atoms with Gasteiger partial charge in [-0.15, -0.1) is 0 Å². The first-order valence-electron chi connectivity index (χ1n) is 11.3. The topological polar surface area (TPSA) is 53.4 Å². The van der Waals surface area contributed by atoms with E-state index >= 15 is 0 Å². The van der Waals surface area contributed by atoms with Crippen molar-refractivity contribution < 1.29 is 4.79 Å². The summed E-state index contributed by atoms with van der Waals surface area (Å²) in [6, 6.07) is 18.4. The molecular formula is C26H33N5O. The van der Waals surface area contributed by atoms with E-state index in [1.165, 1.54) is 5.56 Å². The lowest BCUT2D eigenvalue weighted by Gasteiger charge is -2.32. The minimum atomic E-state index is -0.0540. The smallest absolute Gasteiger partial charge is 0.251 e. The normalized spacial score (nSPS) is 15.1. The molecule has 0 aliphatic carbocycles. The summed E-state index contributed by atoms with van der Waals surface area (Å²) in [7, 11) is 2.18. The highest BCUT2D eigenvalue weighted by atomic mass is 16.1. The number of nitrogens with zero attached hydrogens (tertiary/aromatic N) is 4. The van der Waals surface area contributed by atoms with Crippen LogP contribution in [0.5, 0.6) is 0 Å². The highest BCUT2D eigenvalue weighted by Gasteiger charge is 2.14. The molecule has 1 amide bonds. The molecule has 0 unspecified atom stereocenters. The van der Waals surface area contributed by atoms with Gasteiger partial charge in [0.2, 0.25) is 0 Å². The molecule has 2 aromatic carbocycles. The minimum Gasteiger partial charge on any atom is -0.348 e. The molecule has 0 bridgehead atoms. The molecule has 1 saturated heterocycles. The second-order valence-corrected chi connectivity index (χ2v) is 8.86. The Hall–Kier alpha value is -2.96. The molecule has 168 valence electrons. The Morgan fingerprint density at radius 1 is 0.906 bits per heavy atom. The van der Waals surface area contributed by atoms with Gasteiger partial charge in [-0.05, 0) is 55.8 Å². The Bertz CT molecular complexity index is 1050. The Labute approximate surface area is 190 Å². The first-order valence-corrected chi connectivity index (χ1v) is 11.3. The monoisotopic (exact) mass is 431 g/mol.